The second kappa shape index (κ2) is 6.69. The number of hydrogen-bond acceptors (Lipinski definition) is 5. The number of anilines is 1. The van der Waals surface area contributed by atoms with E-state index in [-0.39, 0.29) is 22.8 Å². The van der Waals surface area contributed by atoms with Gasteiger partial charge in [-0.25, -0.2) is 4.79 Å². The molecule has 2 aromatic carbocycles. The van der Waals surface area contributed by atoms with Gasteiger partial charge in [0.2, 0.25) is 0 Å². The number of nitro benzene ring substituents is 1. The highest BCUT2D eigenvalue weighted by Crippen LogP contribution is 2.33. The van der Waals surface area contributed by atoms with Gasteiger partial charge >= 0.3 is 5.97 Å². The van der Waals surface area contributed by atoms with Gasteiger partial charge in [-0.1, -0.05) is 27.5 Å². The highest BCUT2D eigenvalue weighted by molar-refractivity contribution is 9.10. The number of cyclic esters (lactones) is 1. The number of nitrogens with zero attached hydrogens (tertiary/aromatic N) is 1. The van der Waals surface area contributed by atoms with Crippen LogP contribution in [0.2, 0.25) is 5.02 Å². The highest BCUT2D eigenvalue weighted by atomic mass is 79.9. The molecule has 0 bridgehead atoms. The summed E-state index contributed by atoms with van der Waals surface area (Å²) in [7, 11) is 0. The minimum Gasteiger partial charge on any atom is -0.445 e. The normalized spacial score (nSPS) is 18.7. The van der Waals surface area contributed by atoms with E-state index in [9.17, 15) is 19.7 Å². The Morgan fingerprint density at radius 3 is 2.77 bits per heavy atom. The number of benzene rings is 2. The van der Waals surface area contributed by atoms with Gasteiger partial charge in [-0.2, -0.15) is 0 Å². The smallest absolute Gasteiger partial charge is 0.339 e. The fourth-order valence-corrected chi connectivity index (χ4v) is 3.28. The largest absolute Gasteiger partial charge is 0.445 e. The number of nitro groups is 1. The molecule has 1 N–H and O–H groups in total. The van der Waals surface area contributed by atoms with Gasteiger partial charge in [0.15, 0.2) is 5.60 Å². The molecule has 1 aliphatic heterocycles. The summed E-state index contributed by atoms with van der Waals surface area (Å²) in [5, 5.41) is 13.8. The molecule has 3 rings (SSSR count). The quantitative estimate of drug-likeness (QED) is 0.441. The summed E-state index contributed by atoms with van der Waals surface area (Å²) in [5.41, 5.74) is -0.838. The van der Waals surface area contributed by atoms with E-state index < -0.39 is 22.4 Å². The number of hydrogen-bond donors (Lipinski definition) is 1. The summed E-state index contributed by atoms with van der Waals surface area (Å²) < 4.78 is 6.10. The molecule has 1 amide bonds. The number of esters is 1. The van der Waals surface area contributed by atoms with Gasteiger partial charge in [0.1, 0.15) is 5.69 Å². The maximum atomic E-state index is 12.7. The van der Waals surface area contributed by atoms with E-state index in [1.165, 1.54) is 19.1 Å². The van der Waals surface area contributed by atoms with Crippen LogP contribution in [0.25, 0.3) is 0 Å². The molecule has 9 heteroatoms. The average Bonchev–Trinajstić information content (AvgIpc) is 2.55. The average molecular weight is 440 g/mol. The maximum Gasteiger partial charge on any atom is 0.339 e. The summed E-state index contributed by atoms with van der Waals surface area (Å²) in [6.45, 7) is 1.46. The summed E-state index contributed by atoms with van der Waals surface area (Å²) in [6, 6.07) is 8.96. The van der Waals surface area contributed by atoms with Crippen molar-refractivity contribution < 1.29 is 19.2 Å². The lowest BCUT2D eigenvalue weighted by atomic mass is 9.89. The zero-order valence-electron chi connectivity index (χ0n) is 13.4. The van der Waals surface area contributed by atoms with Crippen molar-refractivity contribution in [2.24, 2.45) is 0 Å². The third kappa shape index (κ3) is 3.42. The summed E-state index contributed by atoms with van der Waals surface area (Å²) >= 11 is 9.10. The van der Waals surface area contributed by atoms with Crippen molar-refractivity contribution in [1.82, 2.24) is 0 Å². The van der Waals surface area contributed by atoms with Crippen LogP contribution in [0.4, 0.5) is 11.4 Å². The van der Waals surface area contributed by atoms with Crippen molar-refractivity contribution >= 4 is 50.8 Å². The monoisotopic (exact) mass is 438 g/mol. The van der Waals surface area contributed by atoms with Crippen molar-refractivity contribution in [3.8, 4) is 0 Å². The first-order valence-electron chi connectivity index (χ1n) is 7.47. The number of halogens is 2. The Balaban J connectivity index is 1.91. The van der Waals surface area contributed by atoms with Gasteiger partial charge in [0, 0.05) is 22.0 Å². The van der Waals surface area contributed by atoms with Gasteiger partial charge in [0.05, 0.1) is 10.5 Å². The number of amides is 1. The molecule has 1 aliphatic rings. The number of ether oxygens (including phenoxy) is 1. The Kier molecular flexibility index (Phi) is 4.72. The van der Waals surface area contributed by atoms with E-state index in [0.29, 0.717) is 11.1 Å². The Hall–Kier alpha value is -2.45. The second-order valence-electron chi connectivity index (χ2n) is 5.97. The van der Waals surface area contributed by atoms with Crippen LogP contribution in [0.3, 0.4) is 0 Å². The molecule has 0 aromatic heterocycles. The van der Waals surface area contributed by atoms with Crippen LogP contribution in [0.15, 0.2) is 40.9 Å². The Morgan fingerprint density at radius 2 is 2.08 bits per heavy atom. The molecule has 0 spiro atoms. The maximum absolute atomic E-state index is 12.7. The molecule has 0 saturated carbocycles. The minimum absolute atomic E-state index is 0.0262. The van der Waals surface area contributed by atoms with Crippen molar-refractivity contribution in [3.63, 3.8) is 0 Å². The number of rotatable bonds is 3. The van der Waals surface area contributed by atoms with E-state index in [0.717, 1.165) is 10.5 Å². The first kappa shape index (κ1) is 18.3. The Bertz CT molecular complexity index is 949. The Labute approximate surface area is 161 Å². The predicted molar refractivity (Wildman–Crippen MR) is 98.4 cm³/mol. The van der Waals surface area contributed by atoms with Crippen LogP contribution >= 0.6 is 27.5 Å². The topological polar surface area (TPSA) is 98.5 Å². The molecule has 0 saturated heterocycles. The van der Waals surface area contributed by atoms with E-state index in [1.807, 2.05) is 0 Å². The van der Waals surface area contributed by atoms with Crippen molar-refractivity contribution in [2.45, 2.75) is 18.9 Å². The van der Waals surface area contributed by atoms with Crippen molar-refractivity contribution in [1.29, 1.82) is 0 Å². The molecular weight excluding hydrogens is 428 g/mol. The summed E-state index contributed by atoms with van der Waals surface area (Å²) in [5.74, 6) is -1.29. The summed E-state index contributed by atoms with van der Waals surface area (Å²) in [4.78, 5) is 35.5. The van der Waals surface area contributed by atoms with Gasteiger partial charge in [-0.3, -0.25) is 14.9 Å². The fraction of sp³-hybridized carbons (Fsp3) is 0.176. The lowest BCUT2D eigenvalue weighted by Gasteiger charge is -2.33. The lowest BCUT2D eigenvalue weighted by Crippen LogP contribution is -2.49. The Morgan fingerprint density at radius 1 is 1.35 bits per heavy atom. The SMILES string of the molecule is CC1(C(=O)Nc2ccc(Cl)cc2[N+](=O)[O-])Cc2cc(Br)ccc2C(=O)O1. The van der Waals surface area contributed by atoms with Crippen molar-refractivity contribution in [3.05, 3.63) is 67.1 Å². The number of nitrogens with one attached hydrogen (secondary N) is 1. The second-order valence-corrected chi connectivity index (χ2v) is 7.32. The predicted octanol–water partition coefficient (Wildman–Crippen LogP) is 4.12. The molecule has 134 valence electrons. The molecule has 7 nitrogen and oxygen atoms in total. The first-order chi connectivity index (χ1) is 12.2. The van der Waals surface area contributed by atoms with Crippen LogP contribution in [-0.2, 0) is 16.0 Å². The standard InChI is InChI=1S/C17H12BrClN2O5/c1-17(8-9-6-10(18)2-4-12(9)15(22)26-17)16(23)20-13-5-3-11(19)7-14(13)21(24)25/h2-7H,8H2,1H3,(H,20,23). The molecule has 1 heterocycles. The highest BCUT2D eigenvalue weighted by Gasteiger charge is 2.43. The molecule has 0 aliphatic carbocycles. The molecule has 2 aromatic rings. The first-order valence-corrected chi connectivity index (χ1v) is 8.64. The number of carbonyl (C=O) groups excluding carboxylic acids is 2. The van der Waals surface area contributed by atoms with Gasteiger partial charge in [0.25, 0.3) is 11.6 Å². The minimum atomic E-state index is -1.50. The number of carbonyl (C=O) groups is 2. The van der Waals surface area contributed by atoms with E-state index >= 15 is 0 Å². The zero-order chi connectivity index (χ0) is 19.1. The lowest BCUT2D eigenvalue weighted by molar-refractivity contribution is -0.383. The van der Waals surface area contributed by atoms with E-state index in [1.54, 1.807) is 18.2 Å². The molecule has 1 atom stereocenters. The molecule has 1 unspecified atom stereocenters. The third-order valence-corrected chi connectivity index (χ3v) is 4.75. The summed E-state index contributed by atoms with van der Waals surface area (Å²) in [6.07, 6.45) is 0.140. The van der Waals surface area contributed by atoms with Gasteiger partial charge < -0.3 is 10.1 Å². The number of fused-ring (bicyclic) bond motifs is 1. The van der Waals surface area contributed by atoms with Crippen molar-refractivity contribution in [2.75, 3.05) is 5.32 Å². The fourth-order valence-electron chi connectivity index (χ4n) is 2.71. The zero-order valence-corrected chi connectivity index (χ0v) is 15.8. The molecular formula is C17H12BrClN2O5. The van der Waals surface area contributed by atoms with Crippen LogP contribution in [0.1, 0.15) is 22.8 Å². The third-order valence-electron chi connectivity index (χ3n) is 4.02. The molecule has 26 heavy (non-hydrogen) atoms. The van der Waals surface area contributed by atoms with Crippen LogP contribution in [0.5, 0.6) is 0 Å². The van der Waals surface area contributed by atoms with Crippen LogP contribution < -0.4 is 5.32 Å². The molecule has 0 radical (unpaired) electrons. The van der Waals surface area contributed by atoms with E-state index in [4.69, 9.17) is 16.3 Å². The van der Waals surface area contributed by atoms with Crippen LogP contribution in [0, 0.1) is 10.1 Å². The molecule has 0 fully saturated rings. The van der Waals surface area contributed by atoms with Gasteiger partial charge in [-0.05, 0) is 42.8 Å². The van der Waals surface area contributed by atoms with Crippen LogP contribution in [-0.4, -0.2) is 22.4 Å². The van der Waals surface area contributed by atoms with Gasteiger partial charge in [-0.15, -0.1) is 0 Å². The van der Waals surface area contributed by atoms with E-state index in [2.05, 4.69) is 21.2 Å².